The van der Waals surface area contributed by atoms with Gasteiger partial charge in [-0.3, -0.25) is 9.69 Å². The first-order chi connectivity index (χ1) is 14.2. The van der Waals surface area contributed by atoms with Crippen LogP contribution >= 0.6 is 0 Å². The van der Waals surface area contributed by atoms with Crippen LogP contribution in [0, 0.1) is 12.7 Å². The molecule has 8 heteroatoms. The second-order valence-electron chi connectivity index (χ2n) is 5.93. The number of hydrogen-bond acceptors (Lipinski definition) is 7. The number of anilines is 1. The van der Waals surface area contributed by atoms with Crippen molar-refractivity contribution in [3.05, 3.63) is 41.5 Å². The van der Waals surface area contributed by atoms with Gasteiger partial charge in [-0.15, -0.1) is 0 Å². The number of nitrogens with zero attached hydrogens (tertiary/aromatic N) is 3. The second kappa shape index (κ2) is 13.7. The molecule has 1 aromatic heterocycles. The van der Waals surface area contributed by atoms with Gasteiger partial charge >= 0.3 is 0 Å². The van der Waals surface area contributed by atoms with Gasteiger partial charge in [-0.05, 0) is 31.7 Å². The number of halogens is 1. The Hall–Kier alpha value is -2.42. The standard InChI is InChI=1S/C18H21FN4O2.C2H6.CH5N/c1-13-16(14-2-3-17(19)15(10-14)12-24)11-21-18(22-13)20-4-5-23-6-8-25-9-7-23;2*1-2/h2-3,10-12H,4-9H2,1H3,(H,20,21,22);1-2H3;2H2,1H3. The van der Waals surface area contributed by atoms with Gasteiger partial charge in [0.25, 0.3) is 0 Å². The SMILES string of the molecule is CC.CN.Cc1nc(NCCN2CCOCC2)ncc1-c1ccc(F)c(C=O)c1. The van der Waals surface area contributed by atoms with E-state index in [1.54, 1.807) is 12.3 Å². The number of nitrogens with two attached hydrogens (primary N) is 1. The second-order valence-corrected chi connectivity index (χ2v) is 5.93. The molecule has 0 atom stereocenters. The maximum atomic E-state index is 13.5. The number of hydrogen-bond donors (Lipinski definition) is 2. The first kappa shape index (κ1) is 24.6. The number of aryl methyl sites for hydroxylation is 1. The normalized spacial score (nSPS) is 13.4. The zero-order valence-electron chi connectivity index (χ0n) is 17.7. The fourth-order valence-corrected chi connectivity index (χ4v) is 2.79. The van der Waals surface area contributed by atoms with Crippen molar-refractivity contribution in [2.75, 3.05) is 51.8 Å². The molecule has 1 saturated heterocycles. The summed E-state index contributed by atoms with van der Waals surface area (Å²) >= 11 is 0. The Morgan fingerprint density at radius 1 is 1.28 bits per heavy atom. The molecule has 0 bridgehead atoms. The monoisotopic (exact) mass is 405 g/mol. The van der Waals surface area contributed by atoms with Gasteiger partial charge in [-0.25, -0.2) is 14.4 Å². The van der Waals surface area contributed by atoms with E-state index in [0.29, 0.717) is 12.2 Å². The fraction of sp³-hybridized carbons (Fsp3) is 0.476. The van der Waals surface area contributed by atoms with Crippen molar-refractivity contribution in [1.29, 1.82) is 0 Å². The third kappa shape index (κ3) is 7.49. The third-order valence-electron chi connectivity index (χ3n) is 4.23. The summed E-state index contributed by atoms with van der Waals surface area (Å²) in [6, 6.07) is 4.42. The van der Waals surface area contributed by atoms with Gasteiger partial charge in [0.2, 0.25) is 5.95 Å². The number of aromatic nitrogens is 2. The van der Waals surface area contributed by atoms with E-state index in [0.717, 1.165) is 56.2 Å². The van der Waals surface area contributed by atoms with Crippen LogP contribution in [0.4, 0.5) is 10.3 Å². The van der Waals surface area contributed by atoms with Crippen molar-refractivity contribution in [1.82, 2.24) is 14.9 Å². The lowest BCUT2D eigenvalue weighted by molar-refractivity contribution is 0.0398. The highest BCUT2D eigenvalue weighted by atomic mass is 19.1. The zero-order chi connectivity index (χ0) is 21.6. The number of rotatable bonds is 6. The van der Waals surface area contributed by atoms with Gasteiger partial charge in [0.05, 0.1) is 24.5 Å². The minimum atomic E-state index is -0.529. The topological polar surface area (TPSA) is 93.4 Å². The quantitative estimate of drug-likeness (QED) is 0.714. The first-order valence-corrected chi connectivity index (χ1v) is 9.88. The summed E-state index contributed by atoms with van der Waals surface area (Å²) in [5, 5.41) is 3.22. The molecule has 2 aromatic rings. The third-order valence-corrected chi connectivity index (χ3v) is 4.23. The fourth-order valence-electron chi connectivity index (χ4n) is 2.79. The van der Waals surface area contributed by atoms with Crippen LogP contribution in [0.3, 0.4) is 0 Å². The molecule has 0 radical (unpaired) electrons. The molecule has 3 rings (SSSR count). The molecule has 0 unspecified atom stereocenters. The summed E-state index contributed by atoms with van der Waals surface area (Å²) in [7, 11) is 1.50. The van der Waals surface area contributed by atoms with E-state index < -0.39 is 5.82 Å². The molecule has 0 saturated carbocycles. The highest BCUT2D eigenvalue weighted by Crippen LogP contribution is 2.24. The van der Waals surface area contributed by atoms with Crippen molar-refractivity contribution in [2.45, 2.75) is 20.8 Å². The van der Waals surface area contributed by atoms with E-state index in [9.17, 15) is 9.18 Å². The minimum absolute atomic E-state index is 0.0320. The summed E-state index contributed by atoms with van der Waals surface area (Å²) < 4.78 is 18.8. The molecule has 160 valence electrons. The van der Waals surface area contributed by atoms with Gasteiger partial charge in [0, 0.05) is 37.9 Å². The molecule has 0 aliphatic carbocycles. The van der Waals surface area contributed by atoms with Crippen molar-refractivity contribution < 1.29 is 13.9 Å². The minimum Gasteiger partial charge on any atom is -0.379 e. The van der Waals surface area contributed by atoms with Crippen LogP contribution in [0.15, 0.2) is 24.4 Å². The molecule has 1 fully saturated rings. The van der Waals surface area contributed by atoms with Crippen molar-refractivity contribution in [3.8, 4) is 11.1 Å². The molecule has 1 aliphatic heterocycles. The van der Waals surface area contributed by atoms with Crippen molar-refractivity contribution in [2.24, 2.45) is 5.73 Å². The molecule has 3 N–H and O–H groups in total. The molecule has 0 spiro atoms. The maximum absolute atomic E-state index is 13.5. The molecule has 29 heavy (non-hydrogen) atoms. The number of aldehydes is 1. The zero-order valence-corrected chi connectivity index (χ0v) is 17.7. The van der Waals surface area contributed by atoms with Crippen molar-refractivity contribution >= 4 is 12.2 Å². The molecular weight excluding hydrogens is 373 g/mol. The summed E-state index contributed by atoms with van der Waals surface area (Å²) in [4.78, 5) is 22.0. The van der Waals surface area contributed by atoms with Crippen LogP contribution < -0.4 is 11.1 Å². The average molecular weight is 406 g/mol. The predicted molar refractivity (Wildman–Crippen MR) is 115 cm³/mol. The summed E-state index contributed by atoms with van der Waals surface area (Å²) in [6.45, 7) is 11.0. The molecule has 1 aliphatic rings. The smallest absolute Gasteiger partial charge is 0.222 e. The molecule has 2 heterocycles. The van der Waals surface area contributed by atoms with Gasteiger partial charge in [-0.1, -0.05) is 19.9 Å². The van der Waals surface area contributed by atoms with Crippen LogP contribution in [0.2, 0.25) is 0 Å². The summed E-state index contributed by atoms with van der Waals surface area (Å²) in [5.41, 5.74) is 6.81. The predicted octanol–water partition coefficient (Wildman–Crippen LogP) is 2.75. The molecule has 7 nitrogen and oxygen atoms in total. The van der Waals surface area contributed by atoms with Crippen LogP contribution in [0.1, 0.15) is 29.9 Å². The lowest BCUT2D eigenvalue weighted by atomic mass is 10.0. The highest BCUT2D eigenvalue weighted by Gasteiger charge is 2.11. The Balaban J connectivity index is 0.000000989. The van der Waals surface area contributed by atoms with E-state index in [1.165, 1.54) is 19.2 Å². The van der Waals surface area contributed by atoms with Gasteiger partial charge in [-0.2, -0.15) is 0 Å². The Kier molecular flexibility index (Phi) is 11.6. The Labute approximate surface area is 172 Å². The Morgan fingerprint density at radius 2 is 1.97 bits per heavy atom. The van der Waals surface area contributed by atoms with Crippen LogP contribution in [0.5, 0.6) is 0 Å². The highest BCUT2D eigenvalue weighted by molar-refractivity contribution is 5.79. The number of carbonyl (C=O) groups is 1. The largest absolute Gasteiger partial charge is 0.379 e. The number of benzene rings is 1. The van der Waals surface area contributed by atoms with Crippen LogP contribution in [-0.2, 0) is 4.74 Å². The van der Waals surface area contributed by atoms with Gasteiger partial charge in [0.15, 0.2) is 6.29 Å². The van der Waals surface area contributed by atoms with E-state index in [-0.39, 0.29) is 5.56 Å². The van der Waals surface area contributed by atoms with E-state index >= 15 is 0 Å². The number of morpholine rings is 1. The number of carbonyl (C=O) groups excluding carboxylic acids is 1. The average Bonchev–Trinajstić information content (AvgIpc) is 2.78. The Bertz CT molecular complexity index is 752. The summed E-state index contributed by atoms with van der Waals surface area (Å²) in [5.74, 6) is 0.0333. The summed E-state index contributed by atoms with van der Waals surface area (Å²) in [6.07, 6.45) is 2.21. The van der Waals surface area contributed by atoms with Crippen LogP contribution in [-0.4, -0.2) is 67.6 Å². The van der Waals surface area contributed by atoms with E-state index in [2.05, 4.69) is 25.9 Å². The number of nitrogens with one attached hydrogen (secondary N) is 1. The molecular formula is C21H32FN5O2. The van der Waals surface area contributed by atoms with Crippen LogP contribution in [0.25, 0.3) is 11.1 Å². The maximum Gasteiger partial charge on any atom is 0.222 e. The van der Waals surface area contributed by atoms with Gasteiger partial charge in [0.1, 0.15) is 5.82 Å². The first-order valence-electron chi connectivity index (χ1n) is 9.88. The van der Waals surface area contributed by atoms with Gasteiger partial charge < -0.3 is 15.8 Å². The molecule has 1 aromatic carbocycles. The lowest BCUT2D eigenvalue weighted by Gasteiger charge is -2.26. The molecule has 0 amide bonds. The Morgan fingerprint density at radius 3 is 2.59 bits per heavy atom. The van der Waals surface area contributed by atoms with E-state index in [1.807, 2.05) is 20.8 Å². The van der Waals surface area contributed by atoms with Crippen molar-refractivity contribution in [3.63, 3.8) is 0 Å². The van der Waals surface area contributed by atoms with E-state index in [4.69, 9.17) is 4.74 Å². The lowest BCUT2D eigenvalue weighted by Crippen LogP contribution is -2.39. The number of ether oxygens (including phenoxy) is 1.